The normalized spacial score (nSPS) is 19.7. The highest BCUT2D eigenvalue weighted by Crippen LogP contribution is 2.66. The lowest BCUT2D eigenvalue weighted by Gasteiger charge is -2.31. The van der Waals surface area contributed by atoms with Crippen molar-refractivity contribution >= 4 is 35.8 Å². The SMILES string of the molecule is CC.CC(C)=C1/C(=C(\C)N)C2(c3ccccc31)c1ccccc1-c1c(P)sc(N)c12. The number of allylic oxidation sites excluding steroid dienone is 4. The van der Waals surface area contributed by atoms with Crippen LogP contribution in [-0.4, -0.2) is 0 Å². The standard InChI is InChI=1S/C24H23N2PS.C2H6/c1-12(2)18-14-8-4-6-10-16(14)24(20(18)13(3)25)17-11-7-5-9-15(17)19-21(24)22(26)28-23(19)27;1-2/h4-11H,25-27H2,1-3H3;1-2H3/b20-13-;. The Morgan fingerprint density at radius 2 is 1.43 bits per heavy atom. The minimum absolute atomic E-state index is 0.441. The van der Waals surface area contributed by atoms with Gasteiger partial charge in [0, 0.05) is 21.4 Å². The van der Waals surface area contributed by atoms with Gasteiger partial charge >= 0.3 is 0 Å². The summed E-state index contributed by atoms with van der Waals surface area (Å²) in [6.07, 6.45) is 0. The molecule has 0 aliphatic heterocycles. The average molecular weight is 433 g/mol. The Labute approximate surface area is 185 Å². The van der Waals surface area contributed by atoms with E-state index in [1.165, 1.54) is 54.7 Å². The number of fused-ring (bicyclic) bond motifs is 7. The molecule has 2 unspecified atom stereocenters. The molecule has 4 N–H and O–H groups in total. The summed E-state index contributed by atoms with van der Waals surface area (Å²) in [5.74, 6) is 0. The summed E-state index contributed by atoms with van der Waals surface area (Å²) in [6.45, 7) is 10.4. The van der Waals surface area contributed by atoms with Crippen LogP contribution in [0.4, 0.5) is 5.00 Å². The van der Waals surface area contributed by atoms with Crippen LogP contribution in [0, 0.1) is 0 Å². The Balaban J connectivity index is 0.00000106. The largest absolute Gasteiger partial charge is 0.402 e. The van der Waals surface area contributed by atoms with Crippen LogP contribution in [0.2, 0.25) is 0 Å². The predicted molar refractivity (Wildman–Crippen MR) is 136 cm³/mol. The summed E-state index contributed by atoms with van der Waals surface area (Å²) < 4.78 is 1.19. The molecular formula is C26H29N2PS. The fourth-order valence-electron chi connectivity index (χ4n) is 5.31. The topological polar surface area (TPSA) is 52.0 Å². The Morgan fingerprint density at radius 1 is 0.900 bits per heavy atom. The second-order valence-electron chi connectivity index (χ2n) is 7.85. The molecule has 0 amide bonds. The minimum Gasteiger partial charge on any atom is -0.402 e. The van der Waals surface area contributed by atoms with Gasteiger partial charge in [-0.2, -0.15) is 0 Å². The zero-order valence-corrected chi connectivity index (χ0v) is 20.2. The van der Waals surface area contributed by atoms with Gasteiger partial charge in [-0.25, -0.2) is 0 Å². The molecule has 0 saturated carbocycles. The molecule has 2 aromatic carbocycles. The molecule has 1 heterocycles. The molecule has 2 aliphatic carbocycles. The van der Waals surface area contributed by atoms with Crippen molar-refractivity contribution in [1.29, 1.82) is 0 Å². The van der Waals surface area contributed by atoms with Crippen LogP contribution in [0.5, 0.6) is 0 Å². The number of rotatable bonds is 0. The van der Waals surface area contributed by atoms with Crippen molar-refractivity contribution in [2.75, 3.05) is 5.73 Å². The number of hydrogen-bond donors (Lipinski definition) is 2. The summed E-state index contributed by atoms with van der Waals surface area (Å²) in [5.41, 5.74) is 25.0. The van der Waals surface area contributed by atoms with E-state index in [9.17, 15) is 0 Å². The zero-order valence-electron chi connectivity index (χ0n) is 18.3. The average Bonchev–Trinajstić information content (AvgIpc) is 3.33. The van der Waals surface area contributed by atoms with Gasteiger partial charge in [-0.3, -0.25) is 0 Å². The molecule has 0 fully saturated rings. The Hall–Kier alpha value is -2.35. The van der Waals surface area contributed by atoms with Crippen LogP contribution in [0.15, 0.2) is 65.4 Å². The third kappa shape index (κ3) is 2.46. The second kappa shape index (κ2) is 7.41. The highest BCUT2D eigenvalue weighted by Gasteiger charge is 2.56. The van der Waals surface area contributed by atoms with E-state index in [-0.39, 0.29) is 0 Å². The van der Waals surface area contributed by atoms with Crippen molar-refractivity contribution in [3.63, 3.8) is 0 Å². The van der Waals surface area contributed by atoms with Crippen LogP contribution < -0.4 is 16.1 Å². The number of benzene rings is 2. The van der Waals surface area contributed by atoms with Gasteiger partial charge in [0.1, 0.15) is 0 Å². The van der Waals surface area contributed by atoms with Gasteiger partial charge in [0.05, 0.1) is 10.4 Å². The van der Waals surface area contributed by atoms with E-state index in [2.05, 4.69) is 71.6 Å². The molecule has 30 heavy (non-hydrogen) atoms. The maximum Gasteiger partial charge on any atom is 0.0917 e. The summed E-state index contributed by atoms with van der Waals surface area (Å²) in [7, 11) is 2.89. The van der Waals surface area contributed by atoms with Crippen molar-refractivity contribution in [2.24, 2.45) is 5.73 Å². The molecule has 3 aromatic rings. The molecule has 2 nitrogen and oxygen atoms in total. The molecule has 0 bridgehead atoms. The maximum absolute atomic E-state index is 6.69. The van der Waals surface area contributed by atoms with Gasteiger partial charge < -0.3 is 11.5 Å². The smallest absolute Gasteiger partial charge is 0.0917 e. The minimum atomic E-state index is -0.441. The van der Waals surface area contributed by atoms with E-state index in [0.717, 1.165) is 10.7 Å². The van der Waals surface area contributed by atoms with Gasteiger partial charge in [-0.1, -0.05) is 77.2 Å². The number of anilines is 1. The first kappa shape index (κ1) is 20.9. The third-order valence-electron chi connectivity index (χ3n) is 6.06. The second-order valence-corrected chi connectivity index (χ2v) is 9.93. The highest BCUT2D eigenvalue weighted by molar-refractivity contribution is 7.45. The first-order valence-corrected chi connectivity index (χ1v) is 11.8. The maximum atomic E-state index is 6.69. The Morgan fingerprint density at radius 3 is 2.00 bits per heavy atom. The summed E-state index contributed by atoms with van der Waals surface area (Å²) in [6, 6.07) is 17.4. The van der Waals surface area contributed by atoms with E-state index in [4.69, 9.17) is 11.5 Å². The number of hydrogen-bond acceptors (Lipinski definition) is 3. The lowest BCUT2D eigenvalue weighted by atomic mass is 9.70. The monoisotopic (exact) mass is 432 g/mol. The highest BCUT2D eigenvalue weighted by atomic mass is 32.1. The molecule has 1 aromatic heterocycles. The fourth-order valence-corrected chi connectivity index (χ4v) is 6.90. The molecule has 0 radical (unpaired) electrons. The van der Waals surface area contributed by atoms with E-state index in [0.29, 0.717) is 0 Å². The molecule has 4 heteroatoms. The third-order valence-corrected chi connectivity index (χ3v) is 7.55. The van der Waals surface area contributed by atoms with Crippen LogP contribution in [0.3, 0.4) is 0 Å². The van der Waals surface area contributed by atoms with Gasteiger partial charge in [0.25, 0.3) is 0 Å². The first-order chi connectivity index (χ1) is 14.4. The first-order valence-electron chi connectivity index (χ1n) is 10.4. The predicted octanol–water partition coefficient (Wildman–Crippen LogP) is 6.21. The fraction of sp³-hybridized carbons (Fsp3) is 0.231. The molecule has 154 valence electrons. The molecule has 2 atom stereocenters. The van der Waals surface area contributed by atoms with Crippen LogP contribution >= 0.6 is 20.6 Å². The van der Waals surface area contributed by atoms with Crippen LogP contribution in [0.25, 0.3) is 16.7 Å². The van der Waals surface area contributed by atoms with E-state index >= 15 is 0 Å². The number of nitrogens with two attached hydrogens (primary N) is 2. The van der Waals surface area contributed by atoms with E-state index < -0.39 is 5.41 Å². The molecule has 0 saturated heterocycles. The van der Waals surface area contributed by atoms with Crippen molar-refractivity contribution in [1.82, 2.24) is 0 Å². The van der Waals surface area contributed by atoms with E-state index in [1.54, 1.807) is 11.3 Å². The molecule has 2 aliphatic rings. The quantitative estimate of drug-likeness (QED) is 0.415. The summed E-state index contributed by atoms with van der Waals surface area (Å²) in [4.78, 5) is 0. The molecule has 1 spiro atoms. The van der Waals surface area contributed by atoms with Crippen molar-refractivity contribution < 1.29 is 0 Å². The van der Waals surface area contributed by atoms with E-state index in [1.807, 2.05) is 20.8 Å². The van der Waals surface area contributed by atoms with Gasteiger partial charge in [-0.15, -0.1) is 11.3 Å². The van der Waals surface area contributed by atoms with Crippen molar-refractivity contribution in [2.45, 2.75) is 40.0 Å². The van der Waals surface area contributed by atoms with Crippen LogP contribution in [0.1, 0.15) is 56.9 Å². The molecule has 5 rings (SSSR count). The number of nitrogen functional groups attached to an aromatic ring is 1. The summed E-state index contributed by atoms with van der Waals surface area (Å²) in [5, 5.41) is 0.875. The Bertz CT molecular complexity index is 1220. The zero-order chi connectivity index (χ0) is 21.8. The molecular weight excluding hydrogens is 403 g/mol. The van der Waals surface area contributed by atoms with Gasteiger partial charge in [-0.05, 0) is 54.2 Å². The Kier molecular flexibility index (Phi) is 5.16. The van der Waals surface area contributed by atoms with Gasteiger partial charge in [0.15, 0.2) is 0 Å². The van der Waals surface area contributed by atoms with Crippen LogP contribution in [-0.2, 0) is 5.41 Å². The van der Waals surface area contributed by atoms with Crippen molar-refractivity contribution in [3.8, 4) is 11.1 Å². The lowest BCUT2D eigenvalue weighted by Crippen LogP contribution is -2.28. The van der Waals surface area contributed by atoms with Crippen molar-refractivity contribution in [3.05, 3.63) is 87.6 Å². The lowest BCUT2D eigenvalue weighted by molar-refractivity contribution is 0.786. The summed E-state index contributed by atoms with van der Waals surface area (Å²) >= 11 is 1.66. The van der Waals surface area contributed by atoms with Gasteiger partial charge in [0.2, 0.25) is 0 Å². The number of thiophene rings is 1.